The summed E-state index contributed by atoms with van der Waals surface area (Å²) in [6.07, 6.45) is 3.35. The molecule has 0 spiro atoms. The summed E-state index contributed by atoms with van der Waals surface area (Å²) >= 11 is 0. The molecule has 7 nitrogen and oxygen atoms in total. The summed E-state index contributed by atoms with van der Waals surface area (Å²) in [4.78, 5) is 16.0. The molecule has 0 unspecified atom stereocenters. The van der Waals surface area contributed by atoms with Gasteiger partial charge in [0.05, 0.1) is 18.3 Å². The summed E-state index contributed by atoms with van der Waals surface area (Å²) in [6, 6.07) is 5.20. The maximum atomic E-state index is 11.8. The largest absolute Gasteiger partial charge is 0.331 e. The SMILES string of the molecule is CCn1cnnc1CNC(=O)N[C@H](C)c1ccccn1. The van der Waals surface area contributed by atoms with Gasteiger partial charge in [-0.1, -0.05) is 6.07 Å². The smallest absolute Gasteiger partial charge is 0.315 e. The van der Waals surface area contributed by atoms with Crippen LogP contribution in [0.3, 0.4) is 0 Å². The van der Waals surface area contributed by atoms with Crippen molar-refractivity contribution in [3.8, 4) is 0 Å². The van der Waals surface area contributed by atoms with E-state index in [-0.39, 0.29) is 12.1 Å². The third-order valence-electron chi connectivity index (χ3n) is 2.92. The van der Waals surface area contributed by atoms with E-state index in [1.807, 2.05) is 36.6 Å². The van der Waals surface area contributed by atoms with E-state index in [2.05, 4.69) is 25.8 Å². The van der Waals surface area contributed by atoms with E-state index in [0.29, 0.717) is 6.54 Å². The Bertz CT molecular complexity index is 553. The predicted octanol–water partition coefficient (Wildman–Crippen LogP) is 1.25. The van der Waals surface area contributed by atoms with E-state index in [1.54, 1.807) is 12.5 Å². The molecule has 2 rings (SSSR count). The minimum absolute atomic E-state index is 0.153. The van der Waals surface area contributed by atoms with Gasteiger partial charge in [-0.05, 0) is 26.0 Å². The van der Waals surface area contributed by atoms with Gasteiger partial charge in [0.2, 0.25) is 0 Å². The molecule has 0 fully saturated rings. The lowest BCUT2D eigenvalue weighted by atomic mass is 10.2. The average molecular weight is 274 g/mol. The number of amides is 2. The third kappa shape index (κ3) is 3.53. The Kier molecular flexibility index (Phi) is 4.65. The fraction of sp³-hybridized carbons (Fsp3) is 0.385. The Hall–Kier alpha value is -2.44. The molecule has 0 aliphatic heterocycles. The molecule has 0 aromatic carbocycles. The molecule has 2 amide bonds. The van der Waals surface area contributed by atoms with E-state index in [0.717, 1.165) is 18.1 Å². The zero-order chi connectivity index (χ0) is 14.4. The summed E-state index contributed by atoms with van der Waals surface area (Å²) in [6.45, 7) is 5.00. The van der Waals surface area contributed by atoms with Gasteiger partial charge in [0.1, 0.15) is 6.33 Å². The van der Waals surface area contributed by atoms with Gasteiger partial charge in [0.15, 0.2) is 5.82 Å². The van der Waals surface area contributed by atoms with Crippen molar-refractivity contribution in [2.45, 2.75) is 33.0 Å². The number of carbonyl (C=O) groups excluding carboxylic acids is 1. The Balaban J connectivity index is 1.84. The minimum Gasteiger partial charge on any atom is -0.331 e. The normalized spacial score (nSPS) is 11.9. The molecule has 0 saturated heterocycles. The van der Waals surface area contributed by atoms with Gasteiger partial charge in [-0.2, -0.15) is 0 Å². The highest BCUT2D eigenvalue weighted by molar-refractivity contribution is 5.74. The molecule has 0 saturated carbocycles. The highest BCUT2D eigenvalue weighted by atomic mass is 16.2. The second-order valence-corrected chi connectivity index (χ2v) is 4.34. The Morgan fingerprint density at radius 1 is 1.45 bits per heavy atom. The first-order valence-electron chi connectivity index (χ1n) is 6.52. The molecule has 0 aliphatic carbocycles. The van der Waals surface area contributed by atoms with Crippen molar-refractivity contribution in [1.29, 1.82) is 0 Å². The Morgan fingerprint density at radius 2 is 2.30 bits per heavy atom. The number of pyridine rings is 1. The summed E-state index contributed by atoms with van der Waals surface area (Å²) < 4.78 is 1.88. The number of nitrogens with zero attached hydrogens (tertiary/aromatic N) is 4. The summed E-state index contributed by atoms with van der Waals surface area (Å²) in [5.74, 6) is 0.730. The van der Waals surface area contributed by atoms with Gasteiger partial charge in [-0.25, -0.2) is 4.79 Å². The highest BCUT2D eigenvalue weighted by Gasteiger charge is 2.11. The Morgan fingerprint density at radius 3 is 3.00 bits per heavy atom. The van der Waals surface area contributed by atoms with Crippen LogP contribution >= 0.6 is 0 Å². The lowest BCUT2D eigenvalue weighted by Crippen LogP contribution is -2.37. The molecular formula is C13H18N6O. The molecule has 2 N–H and O–H groups in total. The van der Waals surface area contributed by atoms with Crippen LogP contribution in [0.4, 0.5) is 4.79 Å². The van der Waals surface area contributed by atoms with Gasteiger partial charge in [0.25, 0.3) is 0 Å². The number of aryl methyl sites for hydroxylation is 1. The van der Waals surface area contributed by atoms with Crippen LogP contribution in [0.25, 0.3) is 0 Å². The van der Waals surface area contributed by atoms with Gasteiger partial charge in [-0.15, -0.1) is 10.2 Å². The number of nitrogens with one attached hydrogen (secondary N) is 2. The quantitative estimate of drug-likeness (QED) is 0.859. The molecule has 2 aromatic rings. The first kappa shape index (κ1) is 14.0. The van der Waals surface area contributed by atoms with E-state index in [4.69, 9.17) is 0 Å². The monoisotopic (exact) mass is 274 g/mol. The van der Waals surface area contributed by atoms with Crippen molar-refractivity contribution in [3.05, 3.63) is 42.2 Å². The second kappa shape index (κ2) is 6.65. The zero-order valence-corrected chi connectivity index (χ0v) is 11.6. The molecular weight excluding hydrogens is 256 g/mol. The molecule has 2 aromatic heterocycles. The van der Waals surface area contributed by atoms with Crippen LogP contribution in [0.2, 0.25) is 0 Å². The fourth-order valence-corrected chi connectivity index (χ4v) is 1.79. The van der Waals surface area contributed by atoms with Crippen molar-refractivity contribution in [3.63, 3.8) is 0 Å². The van der Waals surface area contributed by atoms with Crippen molar-refractivity contribution >= 4 is 6.03 Å². The Labute approximate surface area is 117 Å². The number of hydrogen-bond acceptors (Lipinski definition) is 4. The maximum absolute atomic E-state index is 11.8. The molecule has 0 radical (unpaired) electrons. The van der Waals surface area contributed by atoms with Crippen molar-refractivity contribution in [2.75, 3.05) is 0 Å². The summed E-state index contributed by atoms with van der Waals surface area (Å²) in [7, 11) is 0. The van der Waals surface area contributed by atoms with Gasteiger partial charge < -0.3 is 15.2 Å². The number of rotatable bonds is 5. The van der Waals surface area contributed by atoms with Crippen LogP contribution in [0.1, 0.15) is 31.4 Å². The molecule has 0 aliphatic rings. The van der Waals surface area contributed by atoms with Crippen molar-refractivity contribution < 1.29 is 4.79 Å². The average Bonchev–Trinajstić information content (AvgIpc) is 2.93. The number of carbonyl (C=O) groups is 1. The molecule has 0 bridgehead atoms. The lowest BCUT2D eigenvalue weighted by molar-refractivity contribution is 0.237. The van der Waals surface area contributed by atoms with Crippen LogP contribution < -0.4 is 10.6 Å². The highest BCUT2D eigenvalue weighted by Crippen LogP contribution is 2.07. The standard InChI is InChI=1S/C13H18N6O/c1-3-19-9-16-18-12(19)8-15-13(20)17-10(2)11-6-4-5-7-14-11/h4-7,9-10H,3,8H2,1-2H3,(H2,15,17,20)/t10-/m1/s1. The van der Waals surface area contributed by atoms with Crippen molar-refractivity contribution in [1.82, 2.24) is 30.4 Å². The van der Waals surface area contributed by atoms with Crippen LogP contribution in [-0.2, 0) is 13.1 Å². The molecule has 2 heterocycles. The second-order valence-electron chi connectivity index (χ2n) is 4.34. The summed E-state index contributed by atoms with van der Waals surface area (Å²) in [5.41, 5.74) is 0.819. The van der Waals surface area contributed by atoms with Crippen molar-refractivity contribution in [2.24, 2.45) is 0 Å². The van der Waals surface area contributed by atoms with E-state index in [9.17, 15) is 4.79 Å². The first-order valence-corrected chi connectivity index (χ1v) is 6.52. The fourth-order valence-electron chi connectivity index (χ4n) is 1.79. The van der Waals surface area contributed by atoms with Gasteiger partial charge in [0, 0.05) is 12.7 Å². The number of urea groups is 1. The van der Waals surface area contributed by atoms with Crippen LogP contribution in [0.5, 0.6) is 0 Å². The van der Waals surface area contributed by atoms with Gasteiger partial charge >= 0.3 is 6.03 Å². The van der Waals surface area contributed by atoms with Gasteiger partial charge in [-0.3, -0.25) is 4.98 Å². The van der Waals surface area contributed by atoms with Crippen LogP contribution in [0, 0.1) is 0 Å². The van der Waals surface area contributed by atoms with Crippen LogP contribution in [0.15, 0.2) is 30.7 Å². The van der Waals surface area contributed by atoms with E-state index >= 15 is 0 Å². The van der Waals surface area contributed by atoms with E-state index in [1.165, 1.54) is 0 Å². The zero-order valence-electron chi connectivity index (χ0n) is 11.6. The number of aromatic nitrogens is 4. The molecule has 1 atom stereocenters. The lowest BCUT2D eigenvalue weighted by Gasteiger charge is -2.14. The predicted molar refractivity (Wildman–Crippen MR) is 73.7 cm³/mol. The molecule has 106 valence electrons. The minimum atomic E-state index is -0.256. The number of hydrogen-bond donors (Lipinski definition) is 2. The molecule has 7 heteroatoms. The molecule has 20 heavy (non-hydrogen) atoms. The van der Waals surface area contributed by atoms with Crippen LogP contribution in [-0.4, -0.2) is 25.8 Å². The topological polar surface area (TPSA) is 84.7 Å². The first-order chi connectivity index (χ1) is 9.70. The maximum Gasteiger partial charge on any atom is 0.315 e. The third-order valence-corrected chi connectivity index (χ3v) is 2.92. The summed E-state index contributed by atoms with van der Waals surface area (Å²) in [5, 5.41) is 13.4. The van der Waals surface area contributed by atoms with E-state index < -0.39 is 0 Å².